The highest BCUT2D eigenvalue weighted by Gasteiger charge is 2.25. The lowest BCUT2D eigenvalue weighted by Gasteiger charge is -2.08. The predicted molar refractivity (Wildman–Crippen MR) is 78.4 cm³/mol. The van der Waals surface area contributed by atoms with E-state index in [9.17, 15) is 4.79 Å². The van der Waals surface area contributed by atoms with Crippen LogP contribution in [-0.2, 0) is 0 Å². The molecule has 1 aliphatic rings. The summed E-state index contributed by atoms with van der Waals surface area (Å²) in [7, 11) is 0. The lowest BCUT2D eigenvalue weighted by molar-refractivity contribution is 0.0953. The number of benzene rings is 1. The van der Waals surface area contributed by atoms with Crippen molar-refractivity contribution in [3.63, 3.8) is 0 Å². The standard InChI is InChI=1S/C14H12N4OS/c19-13(15-8-5-6-8)10-7-12-16-17-14(20)18(12)11-4-2-1-3-9(10)11/h1-4,7-8H,5-6H2,(H,15,19)(H,17,20). The molecule has 1 fully saturated rings. The molecular formula is C14H12N4OS. The molecule has 1 amide bonds. The fourth-order valence-electron chi connectivity index (χ4n) is 2.42. The summed E-state index contributed by atoms with van der Waals surface area (Å²) in [6.45, 7) is 0. The van der Waals surface area contributed by atoms with Crippen molar-refractivity contribution in [1.29, 1.82) is 0 Å². The van der Waals surface area contributed by atoms with Crippen LogP contribution in [0.15, 0.2) is 30.3 Å². The van der Waals surface area contributed by atoms with Crippen LogP contribution < -0.4 is 5.32 Å². The summed E-state index contributed by atoms with van der Waals surface area (Å²) in [5.74, 6) is -0.0416. The first-order chi connectivity index (χ1) is 9.74. The highest BCUT2D eigenvalue weighted by atomic mass is 32.1. The minimum atomic E-state index is -0.0416. The van der Waals surface area contributed by atoms with Crippen LogP contribution in [0.25, 0.3) is 16.6 Å². The number of pyridine rings is 1. The summed E-state index contributed by atoms with van der Waals surface area (Å²) in [4.78, 5) is 12.4. The Kier molecular flexibility index (Phi) is 2.40. The molecular weight excluding hydrogens is 272 g/mol. The van der Waals surface area contributed by atoms with Crippen molar-refractivity contribution in [3.8, 4) is 0 Å². The number of amides is 1. The number of nitrogens with zero attached hydrogens (tertiary/aromatic N) is 2. The summed E-state index contributed by atoms with van der Waals surface area (Å²) in [5, 5.41) is 10.9. The molecule has 3 aromatic rings. The second-order valence-corrected chi connectivity index (χ2v) is 5.43. The third kappa shape index (κ3) is 1.72. The Morgan fingerprint density at radius 1 is 1.40 bits per heavy atom. The molecule has 0 saturated heterocycles. The quantitative estimate of drug-likeness (QED) is 0.710. The van der Waals surface area contributed by atoms with Crippen LogP contribution in [0.3, 0.4) is 0 Å². The third-order valence-corrected chi connectivity index (χ3v) is 3.84. The molecule has 2 N–H and O–H groups in total. The molecule has 6 heteroatoms. The van der Waals surface area contributed by atoms with Gasteiger partial charge in [-0.1, -0.05) is 18.2 Å². The average Bonchev–Trinajstić information content (AvgIpc) is 3.19. The van der Waals surface area contributed by atoms with Gasteiger partial charge in [-0.3, -0.25) is 14.3 Å². The van der Waals surface area contributed by atoms with Gasteiger partial charge in [0.25, 0.3) is 5.91 Å². The summed E-state index contributed by atoms with van der Waals surface area (Å²) in [6.07, 6.45) is 2.14. The van der Waals surface area contributed by atoms with E-state index in [1.807, 2.05) is 28.7 Å². The van der Waals surface area contributed by atoms with Crippen molar-refractivity contribution >= 4 is 34.7 Å². The molecule has 20 heavy (non-hydrogen) atoms. The molecule has 2 heterocycles. The molecule has 0 atom stereocenters. The first-order valence-corrected chi connectivity index (χ1v) is 6.94. The van der Waals surface area contributed by atoms with Crippen molar-refractivity contribution in [2.24, 2.45) is 0 Å². The molecule has 0 radical (unpaired) electrons. The topological polar surface area (TPSA) is 62.2 Å². The van der Waals surface area contributed by atoms with Gasteiger partial charge in [0, 0.05) is 11.4 Å². The monoisotopic (exact) mass is 284 g/mol. The number of fused-ring (bicyclic) bond motifs is 3. The van der Waals surface area contributed by atoms with Gasteiger partial charge in [-0.2, -0.15) is 5.10 Å². The Bertz CT molecular complexity index is 891. The fraction of sp³-hybridized carbons (Fsp3) is 0.214. The van der Waals surface area contributed by atoms with Gasteiger partial charge in [-0.05, 0) is 37.2 Å². The van der Waals surface area contributed by atoms with Gasteiger partial charge in [0.15, 0.2) is 10.4 Å². The number of nitrogens with one attached hydrogen (secondary N) is 2. The third-order valence-electron chi connectivity index (χ3n) is 3.56. The molecule has 0 aliphatic heterocycles. The molecule has 0 spiro atoms. The zero-order valence-electron chi connectivity index (χ0n) is 10.6. The van der Waals surface area contributed by atoms with Crippen molar-refractivity contribution in [2.75, 3.05) is 0 Å². The molecule has 1 aromatic carbocycles. The maximum absolute atomic E-state index is 12.4. The van der Waals surface area contributed by atoms with Gasteiger partial charge in [-0.15, -0.1) is 0 Å². The average molecular weight is 284 g/mol. The fourth-order valence-corrected chi connectivity index (χ4v) is 2.66. The molecule has 1 aliphatic carbocycles. The smallest absolute Gasteiger partial charge is 0.252 e. The van der Waals surface area contributed by atoms with Crippen molar-refractivity contribution in [3.05, 3.63) is 40.7 Å². The minimum Gasteiger partial charge on any atom is -0.349 e. The lowest BCUT2D eigenvalue weighted by atomic mass is 10.1. The largest absolute Gasteiger partial charge is 0.349 e. The Morgan fingerprint density at radius 3 is 3.00 bits per heavy atom. The maximum Gasteiger partial charge on any atom is 0.252 e. The summed E-state index contributed by atoms with van der Waals surface area (Å²) < 4.78 is 2.38. The molecule has 5 nitrogen and oxygen atoms in total. The van der Waals surface area contributed by atoms with E-state index in [-0.39, 0.29) is 5.91 Å². The van der Waals surface area contributed by atoms with Gasteiger partial charge in [-0.25, -0.2) is 0 Å². The molecule has 2 aromatic heterocycles. The highest BCUT2D eigenvalue weighted by Crippen LogP contribution is 2.24. The molecule has 100 valence electrons. The van der Waals surface area contributed by atoms with Crippen molar-refractivity contribution in [1.82, 2.24) is 19.9 Å². The van der Waals surface area contributed by atoms with Crippen LogP contribution in [-0.4, -0.2) is 26.5 Å². The van der Waals surface area contributed by atoms with E-state index in [0.29, 0.717) is 22.0 Å². The summed E-state index contributed by atoms with van der Waals surface area (Å²) in [5.41, 5.74) is 2.20. The zero-order chi connectivity index (χ0) is 13.7. The number of rotatable bonds is 2. The summed E-state index contributed by atoms with van der Waals surface area (Å²) >= 11 is 5.25. The predicted octanol–water partition coefficient (Wildman–Crippen LogP) is 2.44. The Labute approximate surface area is 119 Å². The Hall–Kier alpha value is -2.21. The first-order valence-electron chi connectivity index (χ1n) is 6.54. The van der Waals surface area contributed by atoms with Crippen LogP contribution in [0.4, 0.5) is 0 Å². The van der Waals surface area contributed by atoms with Crippen LogP contribution >= 0.6 is 12.2 Å². The van der Waals surface area contributed by atoms with Gasteiger partial charge in [0.1, 0.15) is 0 Å². The Balaban J connectivity index is 2.02. The number of H-pyrrole nitrogens is 1. The van der Waals surface area contributed by atoms with Crippen LogP contribution in [0, 0.1) is 4.77 Å². The Morgan fingerprint density at radius 2 is 2.20 bits per heavy atom. The van der Waals surface area contributed by atoms with Crippen LogP contribution in [0.2, 0.25) is 0 Å². The van der Waals surface area contributed by atoms with E-state index in [2.05, 4.69) is 15.5 Å². The number of carbonyl (C=O) groups is 1. The lowest BCUT2D eigenvalue weighted by Crippen LogP contribution is -2.25. The number of aromatic nitrogens is 3. The normalized spacial score (nSPS) is 14.8. The van der Waals surface area contributed by atoms with Crippen molar-refractivity contribution in [2.45, 2.75) is 18.9 Å². The van der Waals surface area contributed by atoms with Gasteiger partial charge in [0.2, 0.25) is 0 Å². The van der Waals surface area contributed by atoms with E-state index in [4.69, 9.17) is 12.2 Å². The highest BCUT2D eigenvalue weighted by molar-refractivity contribution is 7.71. The molecule has 0 bridgehead atoms. The van der Waals surface area contributed by atoms with Crippen LogP contribution in [0.5, 0.6) is 0 Å². The summed E-state index contributed by atoms with van der Waals surface area (Å²) in [6, 6.07) is 9.85. The second-order valence-electron chi connectivity index (χ2n) is 5.05. The number of hydrogen-bond donors (Lipinski definition) is 2. The number of carbonyl (C=O) groups excluding carboxylic acids is 1. The van der Waals surface area contributed by atoms with Gasteiger partial charge in [0.05, 0.1) is 11.1 Å². The van der Waals surface area contributed by atoms with Gasteiger partial charge < -0.3 is 5.32 Å². The van der Waals surface area contributed by atoms with E-state index in [1.54, 1.807) is 6.07 Å². The second kappa shape index (κ2) is 4.14. The number of aromatic amines is 1. The number of para-hydroxylation sites is 1. The number of hydrogen-bond acceptors (Lipinski definition) is 3. The molecule has 4 rings (SSSR count). The van der Waals surface area contributed by atoms with E-state index < -0.39 is 0 Å². The van der Waals surface area contributed by atoms with Gasteiger partial charge >= 0.3 is 0 Å². The minimum absolute atomic E-state index is 0.0416. The maximum atomic E-state index is 12.4. The molecule has 1 saturated carbocycles. The SMILES string of the molecule is O=C(NC1CC1)c1cc2n[nH]c(=S)n2c2ccccc12. The molecule has 0 unspecified atom stereocenters. The van der Waals surface area contributed by atoms with E-state index in [1.165, 1.54) is 0 Å². The van der Waals surface area contributed by atoms with E-state index >= 15 is 0 Å². The van der Waals surface area contributed by atoms with Crippen LogP contribution in [0.1, 0.15) is 23.2 Å². The zero-order valence-corrected chi connectivity index (χ0v) is 11.4. The van der Waals surface area contributed by atoms with E-state index in [0.717, 1.165) is 23.7 Å². The first kappa shape index (κ1) is 11.6. The van der Waals surface area contributed by atoms with Crippen molar-refractivity contribution < 1.29 is 4.79 Å².